The fourth-order valence-corrected chi connectivity index (χ4v) is 4.52. The van der Waals surface area contributed by atoms with Gasteiger partial charge in [-0.1, -0.05) is 42.5 Å². The number of nitrogens with one attached hydrogen (secondary N) is 1. The molecule has 0 aromatic heterocycles. The van der Waals surface area contributed by atoms with Crippen molar-refractivity contribution in [3.05, 3.63) is 95.1 Å². The van der Waals surface area contributed by atoms with Crippen LogP contribution in [-0.2, 0) is 11.2 Å². The highest BCUT2D eigenvalue weighted by Crippen LogP contribution is 2.45. The number of phenolic OH excluding ortho intramolecular Hbond substituents is 1. The summed E-state index contributed by atoms with van der Waals surface area (Å²) in [6, 6.07) is 21.3. The van der Waals surface area contributed by atoms with E-state index in [1.165, 1.54) is 0 Å². The zero-order valence-corrected chi connectivity index (χ0v) is 17.9. The first-order valence-electron chi connectivity index (χ1n) is 10.9. The molecule has 0 radical (unpaired) electrons. The summed E-state index contributed by atoms with van der Waals surface area (Å²) >= 11 is 0. The molecule has 3 amide bonds. The lowest BCUT2D eigenvalue weighted by molar-refractivity contribution is -0.121. The molecule has 2 aliphatic heterocycles. The molecule has 7 nitrogen and oxygen atoms in total. The fraction of sp³-hybridized carbons (Fsp3) is 0.192. The van der Waals surface area contributed by atoms with Crippen LogP contribution in [0.25, 0.3) is 0 Å². The summed E-state index contributed by atoms with van der Waals surface area (Å²) in [5.74, 6) is -0.284. The van der Waals surface area contributed by atoms with Gasteiger partial charge in [-0.15, -0.1) is 0 Å². The summed E-state index contributed by atoms with van der Waals surface area (Å²) in [4.78, 5) is 42.3. The van der Waals surface area contributed by atoms with Gasteiger partial charge in [0.2, 0.25) is 5.91 Å². The Kier molecular flexibility index (Phi) is 5.30. The number of benzene rings is 3. The minimum atomic E-state index is -0.555. The lowest BCUT2D eigenvalue weighted by atomic mass is 10.0. The minimum absolute atomic E-state index is 0.129. The van der Waals surface area contributed by atoms with Gasteiger partial charge in [-0.3, -0.25) is 19.3 Å². The Hall–Kier alpha value is -4.13. The van der Waals surface area contributed by atoms with Gasteiger partial charge in [-0.2, -0.15) is 0 Å². The summed E-state index contributed by atoms with van der Waals surface area (Å²) < 4.78 is 0. The number of nitrogens with zero attached hydrogens (tertiary/aromatic N) is 2. The molecule has 0 bridgehead atoms. The first kappa shape index (κ1) is 20.8. The molecule has 3 aromatic carbocycles. The molecule has 33 heavy (non-hydrogen) atoms. The average Bonchev–Trinajstić information content (AvgIpc) is 3.13. The van der Waals surface area contributed by atoms with Gasteiger partial charge < -0.3 is 15.3 Å². The third kappa shape index (κ3) is 3.71. The molecule has 0 unspecified atom stereocenters. The van der Waals surface area contributed by atoms with Gasteiger partial charge in [0.15, 0.2) is 0 Å². The molecule has 5 rings (SSSR count). The number of hydrogen-bond donors (Lipinski definition) is 2. The molecule has 2 aliphatic rings. The molecule has 2 N–H and O–H groups in total. The Morgan fingerprint density at radius 1 is 0.879 bits per heavy atom. The number of rotatable bonds is 6. The molecule has 0 saturated carbocycles. The summed E-state index contributed by atoms with van der Waals surface area (Å²) in [6.07, 6.45) is 0.214. The Morgan fingerprint density at radius 2 is 1.58 bits per heavy atom. The van der Waals surface area contributed by atoms with Crippen LogP contribution in [-0.4, -0.2) is 40.8 Å². The van der Waals surface area contributed by atoms with Gasteiger partial charge in [0, 0.05) is 30.6 Å². The van der Waals surface area contributed by atoms with Crippen molar-refractivity contribution in [3.63, 3.8) is 0 Å². The molecule has 7 heteroatoms. The lowest BCUT2D eigenvalue weighted by Crippen LogP contribution is -2.49. The Bertz CT molecular complexity index is 1240. The first-order chi connectivity index (χ1) is 16.0. The van der Waals surface area contributed by atoms with E-state index in [-0.39, 0.29) is 36.4 Å². The molecule has 0 fully saturated rings. The van der Waals surface area contributed by atoms with E-state index in [0.717, 1.165) is 11.1 Å². The van der Waals surface area contributed by atoms with E-state index >= 15 is 0 Å². The highest BCUT2D eigenvalue weighted by Gasteiger charge is 2.47. The van der Waals surface area contributed by atoms with E-state index < -0.39 is 6.17 Å². The van der Waals surface area contributed by atoms with Gasteiger partial charge in [0.1, 0.15) is 11.9 Å². The lowest BCUT2D eigenvalue weighted by Gasteiger charge is -2.40. The zero-order valence-electron chi connectivity index (χ0n) is 17.9. The average molecular weight is 441 g/mol. The van der Waals surface area contributed by atoms with E-state index in [9.17, 15) is 19.5 Å². The van der Waals surface area contributed by atoms with Gasteiger partial charge in [0.05, 0.1) is 11.3 Å². The van der Waals surface area contributed by atoms with E-state index in [4.69, 9.17) is 0 Å². The van der Waals surface area contributed by atoms with Crippen LogP contribution in [0.3, 0.4) is 0 Å². The monoisotopic (exact) mass is 441 g/mol. The number of aromatic hydroxyl groups is 1. The molecule has 1 atom stereocenters. The summed E-state index contributed by atoms with van der Waals surface area (Å²) in [5, 5.41) is 12.2. The second kappa shape index (κ2) is 8.43. The second-order valence-electron chi connectivity index (χ2n) is 8.17. The van der Waals surface area contributed by atoms with Crippen LogP contribution in [0.5, 0.6) is 5.75 Å². The number of hydrogen-bond acceptors (Lipinski definition) is 4. The van der Waals surface area contributed by atoms with E-state index in [1.807, 2.05) is 36.4 Å². The maximum Gasteiger partial charge on any atom is 0.260 e. The van der Waals surface area contributed by atoms with Crippen molar-refractivity contribution >= 4 is 23.4 Å². The maximum atomic E-state index is 13.4. The van der Waals surface area contributed by atoms with Crippen LogP contribution in [0.2, 0.25) is 0 Å². The molecule has 0 spiro atoms. The van der Waals surface area contributed by atoms with Gasteiger partial charge in [0.25, 0.3) is 11.8 Å². The van der Waals surface area contributed by atoms with Gasteiger partial charge in [-0.05, 0) is 42.3 Å². The molecule has 0 aliphatic carbocycles. The molecule has 0 saturated heterocycles. The number of carbonyl (C=O) groups excluding carboxylic acids is 3. The SMILES string of the molecule is O=C(CCN1C(=O)c2ccccc2N2C(=O)c3ccccc3[C@@H]12)NCCc1ccc(O)cc1. The van der Waals surface area contributed by atoms with Crippen molar-refractivity contribution in [1.29, 1.82) is 0 Å². The number of fused-ring (bicyclic) bond motifs is 5. The second-order valence-corrected chi connectivity index (χ2v) is 8.17. The van der Waals surface area contributed by atoms with Crippen molar-refractivity contribution in [3.8, 4) is 5.75 Å². The third-order valence-corrected chi connectivity index (χ3v) is 6.13. The summed E-state index contributed by atoms with van der Waals surface area (Å²) in [7, 11) is 0. The van der Waals surface area contributed by atoms with E-state index in [1.54, 1.807) is 46.2 Å². The normalized spacial score (nSPS) is 16.3. The maximum absolute atomic E-state index is 13.4. The summed E-state index contributed by atoms with van der Waals surface area (Å²) in [6.45, 7) is 0.651. The van der Waals surface area contributed by atoms with E-state index in [0.29, 0.717) is 29.8 Å². The predicted octanol–water partition coefficient (Wildman–Crippen LogP) is 3.26. The van der Waals surface area contributed by atoms with Crippen LogP contribution in [0.15, 0.2) is 72.8 Å². The number of amides is 3. The topological polar surface area (TPSA) is 90.0 Å². The number of anilines is 1. The van der Waals surface area contributed by atoms with Crippen molar-refractivity contribution in [2.24, 2.45) is 0 Å². The van der Waals surface area contributed by atoms with Gasteiger partial charge >= 0.3 is 0 Å². The highest BCUT2D eigenvalue weighted by atomic mass is 16.3. The van der Waals surface area contributed by atoms with Gasteiger partial charge in [-0.25, -0.2) is 0 Å². The number of carbonyl (C=O) groups is 3. The highest BCUT2D eigenvalue weighted by molar-refractivity contribution is 6.16. The largest absolute Gasteiger partial charge is 0.508 e. The molecule has 3 aromatic rings. The Balaban J connectivity index is 1.31. The Morgan fingerprint density at radius 3 is 2.36 bits per heavy atom. The zero-order chi connectivity index (χ0) is 22.9. The summed E-state index contributed by atoms with van der Waals surface area (Å²) in [5.41, 5.74) is 3.42. The third-order valence-electron chi connectivity index (χ3n) is 6.13. The standard InChI is InChI=1S/C26H23N3O4/c30-18-11-9-17(10-12-18)13-15-27-23(31)14-16-28-24-19-5-1-2-6-20(19)26(33)29(24)22-8-4-3-7-21(22)25(28)32/h1-12,24,30H,13-16H2,(H,27,31)/t24-/m0/s1. The van der Waals surface area contributed by atoms with Crippen molar-refractivity contribution in [2.75, 3.05) is 18.0 Å². The molecule has 2 heterocycles. The van der Waals surface area contributed by atoms with Crippen molar-refractivity contribution in [2.45, 2.75) is 19.0 Å². The Labute approximate surface area is 191 Å². The van der Waals surface area contributed by atoms with Crippen LogP contribution in [0.4, 0.5) is 5.69 Å². The van der Waals surface area contributed by atoms with Crippen LogP contribution < -0.4 is 10.2 Å². The molecular formula is C26H23N3O4. The predicted molar refractivity (Wildman–Crippen MR) is 123 cm³/mol. The molecular weight excluding hydrogens is 418 g/mol. The number of phenols is 1. The quantitative estimate of drug-likeness (QED) is 0.615. The smallest absolute Gasteiger partial charge is 0.260 e. The van der Waals surface area contributed by atoms with Crippen molar-refractivity contribution in [1.82, 2.24) is 10.2 Å². The van der Waals surface area contributed by atoms with Crippen LogP contribution >= 0.6 is 0 Å². The molecule has 166 valence electrons. The van der Waals surface area contributed by atoms with Crippen LogP contribution in [0.1, 0.15) is 44.4 Å². The number of para-hydroxylation sites is 1. The van der Waals surface area contributed by atoms with E-state index in [2.05, 4.69) is 5.32 Å². The minimum Gasteiger partial charge on any atom is -0.508 e. The van der Waals surface area contributed by atoms with Crippen molar-refractivity contribution < 1.29 is 19.5 Å². The van der Waals surface area contributed by atoms with Crippen LogP contribution in [0, 0.1) is 0 Å². The first-order valence-corrected chi connectivity index (χ1v) is 10.9. The fourth-order valence-electron chi connectivity index (χ4n) is 4.52.